The third-order valence-electron chi connectivity index (χ3n) is 2.93. The SMILES string of the molecule is CC(C)[C@@H](NC(=O)OC(C)(C)C)C(=S)NCc1ccccc1. The Morgan fingerprint density at radius 2 is 1.82 bits per heavy atom. The van der Waals surface area contributed by atoms with Crippen molar-refractivity contribution in [3.63, 3.8) is 0 Å². The van der Waals surface area contributed by atoms with E-state index in [-0.39, 0.29) is 12.0 Å². The summed E-state index contributed by atoms with van der Waals surface area (Å²) >= 11 is 5.43. The van der Waals surface area contributed by atoms with Gasteiger partial charge in [0.1, 0.15) is 5.60 Å². The third-order valence-corrected chi connectivity index (χ3v) is 3.33. The molecule has 0 saturated carbocycles. The summed E-state index contributed by atoms with van der Waals surface area (Å²) in [5.41, 5.74) is 0.620. The molecule has 0 aromatic heterocycles. The van der Waals surface area contributed by atoms with Gasteiger partial charge < -0.3 is 15.4 Å². The van der Waals surface area contributed by atoms with Crippen molar-refractivity contribution in [3.8, 4) is 0 Å². The Balaban J connectivity index is 2.58. The lowest BCUT2D eigenvalue weighted by molar-refractivity contribution is 0.0508. The minimum absolute atomic E-state index is 0.170. The summed E-state index contributed by atoms with van der Waals surface area (Å²) in [5, 5.41) is 6.05. The molecule has 0 aliphatic carbocycles. The molecule has 1 aromatic carbocycles. The zero-order valence-corrected chi connectivity index (χ0v) is 14.8. The highest BCUT2D eigenvalue weighted by Crippen LogP contribution is 2.09. The molecule has 2 N–H and O–H groups in total. The van der Waals surface area contributed by atoms with Gasteiger partial charge in [0.15, 0.2) is 0 Å². The summed E-state index contributed by atoms with van der Waals surface area (Å²) in [4.78, 5) is 12.5. The second kappa shape index (κ2) is 8.13. The van der Waals surface area contributed by atoms with Gasteiger partial charge >= 0.3 is 6.09 Å². The molecule has 0 spiro atoms. The van der Waals surface area contributed by atoms with Gasteiger partial charge in [-0.15, -0.1) is 0 Å². The molecule has 5 heteroatoms. The lowest BCUT2D eigenvalue weighted by Crippen LogP contribution is -2.49. The van der Waals surface area contributed by atoms with Crippen LogP contribution in [0.2, 0.25) is 0 Å². The average molecular weight is 322 g/mol. The van der Waals surface area contributed by atoms with E-state index >= 15 is 0 Å². The first-order valence-electron chi connectivity index (χ1n) is 7.50. The molecule has 0 fully saturated rings. The number of carbonyl (C=O) groups is 1. The van der Waals surface area contributed by atoms with Crippen LogP contribution < -0.4 is 10.6 Å². The van der Waals surface area contributed by atoms with Crippen molar-refractivity contribution in [1.29, 1.82) is 0 Å². The van der Waals surface area contributed by atoms with Crippen LogP contribution in [-0.4, -0.2) is 22.7 Å². The molecule has 1 amide bonds. The van der Waals surface area contributed by atoms with Crippen LogP contribution in [0.3, 0.4) is 0 Å². The molecule has 1 aromatic rings. The van der Waals surface area contributed by atoms with Crippen LogP contribution in [0.1, 0.15) is 40.2 Å². The Bertz CT molecular complexity index is 495. The molecule has 0 radical (unpaired) electrons. The van der Waals surface area contributed by atoms with Gasteiger partial charge in [-0.1, -0.05) is 56.4 Å². The molecule has 0 bridgehead atoms. The maximum Gasteiger partial charge on any atom is 0.408 e. The predicted octanol–water partition coefficient (Wildman–Crippen LogP) is 3.65. The van der Waals surface area contributed by atoms with Gasteiger partial charge in [-0.2, -0.15) is 0 Å². The van der Waals surface area contributed by atoms with Gasteiger partial charge in [0, 0.05) is 6.54 Å². The number of amides is 1. The van der Waals surface area contributed by atoms with E-state index in [0.717, 1.165) is 5.56 Å². The van der Waals surface area contributed by atoms with E-state index in [9.17, 15) is 4.79 Å². The molecule has 1 rings (SSSR count). The second-order valence-corrected chi connectivity index (χ2v) is 7.01. The largest absolute Gasteiger partial charge is 0.444 e. The molecular formula is C17H26N2O2S. The van der Waals surface area contributed by atoms with E-state index < -0.39 is 11.7 Å². The summed E-state index contributed by atoms with van der Waals surface area (Å²) < 4.78 is 5.29. The van der Waals surface area contributed by atoms with Crippen LogP contribution in [-0.2, 0) is 11.3 Å². The third kappa shape index (κ3) is 6.89. The van der Waals surface area contributed by atoms with Crippen molar-refractivity contribution >= 4 is 23.3 Å². The van der Waals surface area contributed by atoms with E-state index in [1.54, 1.807) is 0 Å². The standard InChI is InChI=1S/C17H26N2O2S/c1-12(2)14(19-16(20)21-17(3,4)5)15(22)18-11-13-9-7-6-8-10-13/h6-10,12,14H,11H2,1-5H3,(H,18,22)(H,19,20)/t14-/m1/s1. The number of rotatable bonds is 5. The summed E-state index contributed by atoms with van der Waals surface area (Å²) in [5.74, 6) is 0.170. The van der Waals surface area contributed by atoms with Crippen molar-refractivity contribution in [3.05, 3.63) is 35.9 Å². The number of ether oxygens (including phenoxy) is 1. The van der Waals surface area contributed by atoms with Crippen molar-refractivity contribution in [1.82, 2.24) is 10.6 Å². The maximum atomic E-state index is 11.9. The number of hydrogen-bond acceptors (Lipinski definition) is 3. The molecule has 4 nitrogen and oxygen atoms in total. The molecule has 0 aliphatic rings. The molecule has 0 heterocycles. The molecule has 122 valence electrons. The normalized spacial score (nSPS) is 12.6. The number of nitrogens with one attached hydrogen (secondary N) is 2. The van der Waals surface area contributed by atoms with E-state index in [0.29, 0.717) is 11.5 Å². The Kier molecular flexibility index (Phi) is 6.81. The zero-order valence-electron chi connectivity index (χ0n) is 14.0. The van der Waals surface area contributed by atoms with E-state index in [1.807, 2.05) is 65.0 Å². The molecule has 1 atom stereocenters. The lowest BCUT2D eigenvalue weighted by Gasteiger charge is -2.26. The van der Waals surface area contributed by atoms with Crippen LogP contribution >= 0.6 is 12.2 Å². The molecule has 0 saturated heterocycles. The Labute approximate surface area is 138 Å². The maximum absolute atomic E-state index is 11.9. The number of hydrogen-bond donors (Lipinski definition) is 2. The number of benzene rings is 1. The average Bonchev–Trinajstić information content (AvgIpc) is 2.41. The van der Waals surface area contributed by atoms with Crippen LogP contribution in [0.15, 0.2) is 30.3 Å². The predicted molar refractivity (Wildman–Crippen MR) is 93.9 cm³/mol. The first kappa shape index (κ1) is 18.4. The van der Waals surface area contributed by atoms with Crippen LogP contribution in [0.5, 0.6) is 0 Å². The van der Waals surface area contributed by atoms with Crippen molar-refractivity contribution in [2.45, 2.75) is 52.8 Å². The molecule has 0 aliphatic heterocycles. The molecule has 0 unspecified atom stereocenters. The molecular weight excluding hydrogens is 296 g/mol. The van der Waals surface area contributed by atoms with Gasteiger partial charge in [-0.05, 0) is 32.3 Å². The quantitative estimate of drug-likeness (QED) is 0.813. The summed E-state index contributed by atoms with van der Waals surface area (Å²) in [6.45, 7) is 10.2. The highest BCUT2D eigenvalue weighted by Gasteiger charge is 2.24. The van der Waals surface area contributed by atoms with Crippen LogP contribution in [0, 0.1) is 5.92 Å². The van der Waals surface area contributed by atoms with Gasteiger partial charge in [0.25, 0.3) is 0 Å². The van der Waals surface area contributed by atoms with Gasteiger partial charge in [-0.25, -0.2) is 4.79 Å². The summed E-state index contributed by atoms with van der Waals surface area (Å²) in [6, 6.07) is 9.75. The van der Waals surface area contributed by atoms with E-state index in [1.165, 1.54) is 0 Å². The fourth-order valence-corrected chi connectivity index (χ4v) is 2.27. The van der Waals surface area contributed by atoms with Crippen molar-refractivity contribution in [2.24, 2.45) is 5.92 Å². The highest BCUT2D eigenvalue weighted by molar-refractivity contribution is 7.80. The fourth-order valence-electron chi connectivity index (χ4n) is 1.86. The number of alkyl carbamates (subject to hydrolysis) is 1. The highest BCUT2D eigenvalue weighted by atomic mass is 32.1. The van der Waals surface area contributed by atoms with Crippen molar-refractivity contribution in [2.75, 3.05) is 0 Å². The van der Waals surface area contributed by atoms with Gasteiger partial charge in [0.2, 0.25) is 0 Å². The van der Waals surface area contributed by atoms with Crippen LogP contribution in [0.25, 0.3) is 0 Å². The summed E-state index contributed by atoms with van der Waals surface area (Å²) in [7, 11) is 0. The number of thiocarbonyl (C=S) groups is 1. The summed E-state index contributed by atoms with van der Waals surface area (Å²) in [6.07, 6.45) is -0.449. The topological polar surface area (TPSA) is 50.4 Å². The smallest absolute Gasteiger partial charge is 0.408 e. The second-order valence-electron chi connectivity index (χ2n) is 6.57. The Morgan fingerprint density at radius 1 is 1.23 bits per heavy atom. The van der Waals surface area contributed by atoms with Gasteiger partial charge in [0.05, 0.1) is 11.0 Å². The van der Waals surface area contributed by atoms with Crippen molar-refractivity contribution < 1.29 is 9.53 Å². The number of carbonyl (C=O) groups excluding carboxylic acids is 1. The fraction of sp³-hybridized carbons (Fsp3) is 0.529. The monoisotopic (exact) mass is 322 g/mol. The minimum atomic E-state index is -0.523. The Morgan fingerprint density at radius 3 is 2.32 bits per heavy atom. The zero-order chi connectivity index (χ0) is 16.8. The van der Waals surface area contributed by atoms with Gasteiger partial charge in [-0.3, -0.25) is 0 Å². The first-order chi connectivity index (χ1) is 10.2. The van der Waals surface area contributed by atoms with Crippen LogP contribution in [0.4, 0.5) is 4.79 Å². The molecule has 22 heavy (non-hydrogen) atoms. The van der Waals surface area contributed by atoms with E-state index in [4.69, 9.17) is 17.0 Å². The first-order valence-corrected chi connectivity index (χ1v) is 7.91. The lowest BCUT2D eigenvalue weighted by atomic mass is 10.0. The van der Waals surface area contributed by atoms with E-state index in [2.05, 4.69) is 10.6 Å². The minimum Gasteiger partial charge on any atom is -0.444 e. The Hall–Kier alpha value is -1.62.